The molecule has 3 aromatic rings. The maximum absolute atomic E-state index is 12.9. The summed E-state index contributed by atoms with van der Waals surface area (Å²) in [5, 5.41) is 1.80. The summed E-state index contributed by atoms with van der Waals surface area (Å²) >= 11 is 7.53. The van der Waals surface area contributed by atoms with Crippen LogP contribution in [0.2, 0.25) is 5.02 Å². The molecule has 1 heterocycles. The Kier molecular flexibility index (Phi) is 4.32. The fourth-order valence-electron chi connectivity index (χ4n) is 2.19. The summed E-state index contributed by atoms with van der Waals surface area (Å²) in [6.07, 6.45) is 1.79. The first-order valence-electron chi connectivity index (χ1n) is 6.72. The van der Waals surface area contributed by atoms with Crippen LogP contribution in [0.25, 0.3) is 16.6 Å². The standard InChI is InChI=1S/C17H13ClN2OS/c1-2-10-22-17-19-15-9-4-3-8-14(15)16(21)20(17)13-7-5-6-12(18)11-13/h2-9,11H,1,10H2. The topological polar surface area (TPSA) is 34.9 Å². The van der Waals surface area contributed by atoms with E-state index in [0.29, 0.717) is 32.5 Å². The van der Waals surface area contributed by atoms with E-state index in [2.05, 4.69) is 11.6 Å². The van der Waals surface area contributed by atoms with Gasteiger partial charge in [0.2, 0.25) is 0 Å². The number of benzene rings is 2. The highest BCUT2D eigenvalue weighted by molar-refractivity contribution is 7.99. The van der Waals surface area contributed by atoms with Crippen LogP contribution in [0, 0.1) is 0 Å². The molecule has 0 fully saturated rings. The highest BCUT2D eigenvalue weighted by Crippen LogP contribution is 2.22. The zero-order valence-corrected chi connectivity index (χ0v) is 13.3. The van der Waals surface area contributed by atoms with Crippen molar-refractivity contribution in [2.24, 2.45) is 0 Å². The fraction of sp³-hybridized carbons (Fsp3) is 0.0588. The van der Waals surface area contributed by atoms with E-state index < -0.39 is 0 Å². The predicted molar refractivity (Wildman–Crippen MR) is 93.3 cm³/mol. The van der Waals surface area contributed by atoms with Gasteiger partial charge in [-0.05, 0) is 30.3 Å². The molecule has 3 rings (SSSR count). The van der Waals surface area contributed by atoms with Crippen molar-refractivity contribution < 1.29 is 0 Å². The zero-order chi connectivity index (χ0) is 15.5. The molecule has 110 valence electrons. The summed E-state index contributed by atoms with van der Waals surface area (Å²) < 4.78 is 1.60. The predicted octanol–water partition coefficient (Wildman–Crippen LogP) is 4.32. The molecule has 0 spiro atoms. The van der Waals surface area contributed by atoms with Crippen molar-refractivity contribution in [2.45, 2.75) is 5.16 Å². The van der Waals surface area contributed by atoms with Gasteiger partial charge < -0.3 is 0 Å². The molecular weight excluding hydrogens is 316 g/mol. The van der Waals surface area contributed by atoms with Crippen LogP contribution in [-0.2, 0) is 0 Å². The maximum atomic E-state index is 12.9. The first-order valence-corrected chi connectivity index (χ1v) is 8.08. The number of aromatic nitrogens is 2. The van der Waals surface area contributed by atoms with Gasteiger partial charge in [0, 0.05) is 10.8 Å². The molecule has 0 atom stereocenters. The number of thioether (sulfide) groups is 1. The molecule has 0 unspecified atom stereocenters. The van der Waals surface area contributed by atoms with E-state index in [9.17, 15) is 4.79 Å². The first-order chi connectivity index (χ1) is 10.7. The molecule has 0 bridgehead atoms. The molecule has 0 amide bonds. The van der Waals surface area contributed by atoms with E-state index in [1.165, 1.54) is 11.8 Å². The number of hydrogen-bond donors (Lipinski definition) is 0. The number of nitrogens with zero attached hydrogens (tertiary/aromatic N) is 2. The van der Waals surface area contributed by atoms with Crippen molar-refractivity contribution >= 4 is 34.3 Å². The minimum atomic E-state index is -0.0978. The minimum absolute atomic E-state index is 0.0978. The van der Waals surface area contributed by atoms with Gasteiger partial charge in [-0.2, -0.15) is 0 Å². The van der Waals surface area contributed by atoms with Crippen LogP contribution in [0.4, 0.5) is 0 Å². The van der Waals surface area contributed by atoms with Crippen molar-refractivity contribution in [2.75, 3.05) is 5.75 Å². The van der Waals surface area contributed by atoms with E-state index in [1.807, 2.05) is 30.3 Å². The van der Waals surface area contributed by atoms with Gasteiger partial charge in [-0.1, -0.05) is 47.6 Å². The minimum Gasteiger partial charge on any atom is -0.268 e. The zero-order valence-electron chi connectivity index (χ0n) is 11.7. The van der Waals surface area contributed by atoms with E-state index in [1.54, 1.807) is 28.8 Å². The third kappa shape index (κ3) is 2.80. The van der Waals surface area contributed by atoms with Gasteiger partial charge in [0.05, 0.1) is 16.6 Å². The van der Waals surface area contributed by atoms with Crippen molar-refractivity contribution in [3.05, 3.63) is 76.6 Å². The Morgan fingerprint density at radius 2 is 2.05 bits per heavy atom. The molecular formula is C17H13ClN2OS. The summed E-state index contributed by atoms with van der Waals surface area (Å²) in [7, 11) is 0. The average molecular weight is 329 g/mol. The number of halogens is 1. The molecule has 0 aliphatic carbocycles. The highest BCUT2D eigenvalue weighted by atomic mass is 35.5. The lowest BCUT2D eigenvalue weighted by atomic mass is 10.2. The summed E-state index contributed by atoms with van der Waals surface area (Å²) in [5.41, 5.74) is 1.30. The summed E-state index contributed by atoms with van der Waals surface area (Å²) in [6, 6.07) is 14.6. The van der Waals surface area contributed by atoms with Gasteiger partial charge in [0.25, 0.3) is 5.56 Å². The second-order valence-corrected chi connectivity index (χ2v) is 6.06. The van der Waals surface area contributed by atoms with Crippen LogP contribution < -0.4 is 5.56 Å². The highest BCUT2D eigenvalue weighted by Gasteiger charge is 2.12. The smallest absolute Gasteiger partial charge is 0.266 e. The Bertz CT molecular complexity index is 905. The largest absolute Gasteiger partial charge is 0.268 e. The van der Waals surface area contributed by atoms with Crippen LogP contribution in [0.5, 0.6) is 0 Å². The molecule has 0 aliphatic heterocycles. The summed E-state index contributed by atoms with van der Waals surface area (Å²) in [6.45, 7) is 3.72. The van der Waals surface area contributed by atoms with E-state index in [4.69, 9.17) is 11.6 Å². The van der Waals surface area contributed by atoms with Gasteiger partial charge >= 0.3 is 0 Å². The Morgan fingerprint density at radius 3 is 2.82 bits per heavy atom. The average Bonchev–Trinajstić information content (AvgIpc) is 2.53. The summed E-state index contributed by atoms with van der Waals surface area (Å²) in [5.74, 6) is 0.672. The monoisotopic (exact) mass is 328 g/mol. The number of hydrogen-bond acceptors (Lipinski definition) is 3. The van der Waals surface area contributed by atoms with Crippen LogP contribution in [0.3, 0.4) is 0 Å². The van der Waals surface area contributed by atoms with Crippen molar-refractivity contribution in [3.8, 4) is 5.69 Å². The normalized spacial score (nSPS) is 10.8. The fourth-order valence-corrected chi connectivity index (χ4v) is 3.12. The van der Waals surface area contributed by atoms with Gasteiger partial charge in [-0.25, -0.2) is 4.98 Å². The lowest BCUT2D eigenvalue weighted by molar-refractivity contribution is 0.821. The van der Waals surface area contributed by atoms with Gasteiger partial charge in [0.1, 0.15) is 0 Å². The van der Waals surface area contributed by atoms with Crippen LogP contribution >= 0.6 is 23.4 Å². The molecule has 0 radical (unpaired) electrons. The molecule has 0 N–H and O–H groups in total. The number of fused-ring (bicyclic) bond motifs is 1. The molecule has 0 aliphatic rings. The van der Waals surface area contributed by atoms with Gasteiger partial charge in [0.15, 0.2) is 5.16 Å². The van der Waals surface area contributed by atoms with Gasteiger partial charge in [-0.3, -0.25) is 9.36 Å². The van der Waals surface area contributed by atoms with Crippen molar-refractivity contribution in [1.29, 1.82) is 0 Å². The molecule has 2 aromatic carbocycles. The van der Waals surface area contributed by atoms with Gasteiger partial charge in [-0.15, -0.1) is 6.58 Å². The Balaban J connectivity index is 2.32. The van der Waals surface area contributed by atoms with E-state index >= 15 is 0 Å². The van der Waals surface area contributed by atoms with E-state index in [0.717, 1.165) is 0 Å². The molecule has 5 heteroatoms. The van der Waals surface area contributed by atoms with E-state index in [-0.39, 0.29) is 5.56 Å². The van der Waals surface area contributed by atoms with Crippen LogP contribution in [0.15, 0.2) is 71.1 Å². The van der Waals surface area contributed by atoms with Crippen LogP contribution in [0.1, 0.15) is 0 Å². The second kappa shape index (κ2) is 6.38. The SMILES string of the molecule is C=CCSc1nc2ccccc2c(=O)n1-c1cccc(Cl)c1. The summed E-state index contributed by atoms with van der Waals surface area (Å²) in [4.78, 5) is 17.5. The molecule has 1 aromatic heterocycles. The van der Waals surface area contributed by atoms with Crippen molar-refractivity contribution in [3.63, 3.8) is 0 Å². The van der Waals surface area contributed by atoms with Crippen LogP contribution in [-0.4, -0.2) is 15.3 Å². The number of rotatable bonds is 4. The molecule has 22 heavy (non-hydrogen) atoms. The second-order valence-electron chi connectivity index (χ2n) is 4.63. The Hall–Kier alpha value is -2.04. The molecule has 0 saturated carbocycles. The quantitative estimate of drug-likeness (QED) is 0.406. The number of para-hydroxylation sites is 1. The van der Waals surface area contributed by atoms with Crippen molar-refractivity contribution in [1.82, 2.24) is 9.55 Å². The third-order valence-electron chi connectivity index (χ3n) is 3.14. The molecule has 3 nitrogen and oxygen atoms in total. The maximum Gasteiger partial charge on any atom is 0.266 e. The lowest BCUT2D eigenvalue weighted by Crippen LogP contribution is -2.21. The molecule has 0 saturated heterocycles. The Morgan fingerprint density at radius 1 is 1.23 bits per heavy atom. The lowest BCUT2D eigenvalue weighted by Gasteiger charge is -2.12. The Labute approximate surface area is 137 Å². The third-order valence-corrected chi connectivity index (χ3v) is 4.31. The first kappa shape index (κ1) is 14.9.